The molecule has 0 aliphatic carbocycles. The molecule has 1 aliphatic heterocycles. The first-order chi connectivity index (χ1) is 13.1. The van der Waals surface area contributed by atoms with Crippen LogP contribution in [0.3, 0.4) is 0 Å². The first-order valence-corrected chi connectivity index (χ1v) is 9.50. The molecule has 7 nitrogen and oxygen atoms in total. The van der Waals surface area contributed by atoms with E-state index in [2.05, 4.69) is 5.32 Å². The van der Waals surface area contributed by atoms with Gasteiger partial charge in [0.2, 0.25) is 0 Å². The Morgan fingerprint density at radius 1 is 1.22 bits per heavy atom. The topological polar surface area (TPSA) is 83.1 Å². The van der Waals surface area contributed by atoms with Crippen molar-refractivity contribution >= 4 is 12.1 Å². The summed E-state index contributed by atoms with van der Waals surface area (Å²) in [6, 6.07) is 9.43. The van der Waals surface area contributed by atoms with Crippen LogP contribution < -0.4 is 5.32 Å². The lowest BCUT2D eigenvalue weighted by molar-refractivity contribution is -0.197. The van der Waals surface area contributed by atoms with E-state index < -0.39 is 12.4 Å². The van der Waals surface area contributed by atoms with E-state index in [0.717, 1.165) is 5.56 Å². The third kappa shape index (κ3) is 7.97. The minimum absolute atomic E-state index is 0.0906. The molecule has 27 heavy (non-hydrogen) atoms. The molecule has 1 heterocycles. The fourth-order valence-corrected chi connectivity index (χ4v) is 2.83. The Morgan fingerprint density at radius 3 is 2.70 bits per heavy atom. The van der Waals surface area contributed by atoms with Crippen LogP contribution >= 0.6 is 0 Å². The zero-order valence-corrected chi connectivity index (χ0v) is 16.0. The molecule has 1 fully saturated rings. The number of rotatable bonds is 9. The molecule has 0 saturated carbocycles. The summed E-state index contributed by atoms with van der Waals surface area (Å²) >= 11 is 0. The molecule has 0 radical (unpaired) electrons. The normalized spacial score (nSPS) is 20.5. The van der Waals surface area contributed by atoms with Gasteiger partial charge in [-0.2, -0.15) is 0 Å². The van der Waals surface area contributed by atoms with Crippen LogP contribution in [0.4, 0.5) is 4.79 Å². The van der Waals surface area contributed by atoms with Crippen LogP contribution in [0.1, 0.15) is 45.1 Å². The average molecular weight is 379 g/mol. The minimum Gasteiger partial charge on any atom is -0.466 e. The van der Waals surface area contributed by atoms with Crippen LogP contribution in [0.15, 0.2) is 30.3 Å². The molecule has 2 rings (SSSR count). The number of carbonyl (C=O) groups excluding carboxylic acids is 2. The first-order valence-electron chi connectivity index (χ1n) is 9.50. The highest BCUT2D eigenvalue weighted by molar-refractivity contribution is 5.69. The number of hydrogen-bond donors (Lipinski definition) is 1. The van der Waals surface area contributed by atoms with Crippen LogP contribution in [0.25, 0.3) is 0 Å². The maximum absolute atomic E-state index is 12.0. The quantitative estimate of drug-likeness (QED) is 0.664. The minimum atomic E-state index is -0.461. The van der Waals surface area contributed by atoms with Crippen molar-refractivity contribution in [2.45, 2.75) is 64.6 Å². The number of benzene rings is 1. The largest absolute Gasteiger partial charge is 0.466 e. The van der Waals surface area contributed by atoms with Crippen LogP contribution in [-0.4, -0.2) is 43.7 Å². The summed E-state index contributed by atoms with van der Waals surface area (Å²) in [6.07, 6.45) is 0.893. The van der Waals surface area contributed by atoms with Crippen molar-refractivity contribution in [3.63, 3.8) is 0 Å². The number of esters is 1. The first kappa shape index (κ1) is 21.2. The third-order valence-corrected chi connectivity index (χ3v) is 4.28. The SMILES string of the molecule is CCOC(=O)C[C@@H](CC)O[C@@H]1C[C@H](NC(=O)OCc2ccccc2)CCO1. The van der Waals surface area contributed by atoms with Crippen LogP contribution in [0.2, 0.25) is 0 Å². The molecule has 1 saturated heterocycles. The third-order valence-electron chi connectivity index (χ3n) is 4.28. The Balaban J connectivity index is 1.74. The standard InChI is InChI=1S/C20H29NO6/c1-3-17(13-18(22)24-4-2)27-19-12-16(10-11-25-19)21-20(23)26-14-15-8-6-5-7-9-15/h5-9,16-17,19H,3-4,10-14H2,1-2H3,(H,21,23)/t16-,17-,19-/m1/s1. The van der Waals surface area contributed by atoms with E-state index in [-0.39, 0.29) is 31.1 Å². The van der Waals surface area contributed by atoms with Gasteiger partial charge in [0, 0.05) is 12.5 Å². The summed E-state index contributed by atoms with van der Waals surface area (Å²) in [5.74, 6) is -0.278. The number of hydrogen-bond acceptors (Lipinski definition) is 6. The highest BCUT2D eigenvalue weighted by Crippen LogP contribution is 2.19. The number of ether oxygens (including phenoxy) is 4. The Labute approximate surface area is 160 Å². The highest BCUT2D eigenvalue weighted by Gasteiger charge is 2.27. The molecule has 150 valence electrons. The lowest BCUT2D eigenvalue weighted by Crippen LogP contribution is -2.44. The molecule has 3 atom stereocenters. The lowest BCUT2D eigenvalue weighted by atomic mass is 10.1. The average Bonchev–Trinajstić information content (AvgIpc) is 2.67. The molecule has 1 aliphatic rings. The molecular formula is C20H29NO6. The smallest absolute Gasteiger partial charge is 0.407 e. The van der Waals surface area contributed by atoms with E-state index in [9.17, 15) is 9.59 Å². The molecule has 1 amide bonds. The van der Waals surface area contributed by atoms with Gasteiger partial charge in [-0.25, -0.2) is 4.79 Å². The number of nitrogens with one attached hydrogen (secondary N) is 1. The van der Waals surface area contributed by atoms with E-state index in [1.807, 2.05) is 37.3 Å². The summed E-state index contributed by atoms with van der Waals surface area (Å²) in [6.45, 7) is 4.78. The van der Waals surface area contributed by atoms with Crippen LogP contribution in [0, 0.1) is 0 Å². The van der Waals surface area contributed by atoms with Crippen molar-refractivity contribution in [1.29, 1.82) is 0 Å². The Kier molecular flexibility index (Phi) is 9.07. The zero-order chi connectivity index (χ0) is 19.5. The van der Waals surface area contributed by atoms with E-state index in [1.165, 1.54) is 0 Å². The van der Waals surface area contributed by atoms with Gasteiger partial charge in [0.15, 0.2) is 6.29 Å². The molecular weight excluding hydrogens is 350 g/mol. The molecule has 1 aromatic carbocycles. The molecule has 7 heteroatoms. The van der Waals surface area contributed by atoms with Gasteiger partial charge in [-0.1, -0.05) is 37.3 Å². The Morgan fingerprint density at radius 2 is 2.00 bits per heavy atom. The van der Waals surface area contributed by atoms with Crippen LogP contribution in [0.5, 0.6) is 0 Å². The molecule has 0 spiro atoms. The van der Waals surface area contributed by atoms with Gasteiger partial charge in [0.1, 0.15) is 6.61 Å². The van der Waals surface area contributed by atoms with E-state index in [4.69, 9.17) is 18.9 Å². The zero-order valence-electron chi connectivity index (χ0n) is 16.0. The number of carbonyl (C=O) groups is 2. The summed E-state index contributed by atoms with van der Waals surface area (Å²) < 4.78 is 21.7. The second kappa shape index (κ2) is 11.6. The number of amides is 1. The Bertz CT molecular complexity index is 579. The van der Waals surface area contributed by atoms with E-state index in [1.54, 1.807) is 6.92 Å². The second-order valence-electron chi connectivity index (χ2n) is 6.40. The molecule has 1 N–H and O–H groups in total. The van der Waals surface area contributed by atoms with Gasteiger partial charge in [-0.3, -0.25) is 4.79 Å². The van der Waals surface area contributed by atoms with Gasteiger partial charge in [-0.05, 0) is 25.3 Å². The second-order valence-corrected chi connectivity index (χ2v) is 6.40. The van der Waals surface area contributed by atoms with E-state index >= 15 is 0 Å². The lowest BCUT2D eigenvalue weighted by Gasteiger charge is -2.32. The van der Waals surface area contributed by atoms with Gasteiger partial charge in [0.05, 0.1) is 25.7 Å². The highest BCUT2D eigenvalue weighted by atomic mass is 16.7. The van der Waals surface area contributed by atoms with Gasteiger partial charge in [-0.15, -0.1) is 0 Å². The predicted molar refractivity (Wildman–Crippen MR) is 98.9 cm³/mol. The van der Waals surface area contributed by atoms with Gasteiger partial charge in [0.25, 0.3) is 0 Å². The summed E-state index contributed by atoms with van der Waals surface area (Å²) in [7, 11) is 0. The summed E-state index contributed by atoms with van der Waals surface area (Å²) in [4.78, 5) is 23.6. The molecule has 0 bridgehead atoms. The Hall–Kier alpha value is -2.12. The summed E-state index contributed by atoms with van der Waals surface area (Å²) in [5, 5.41) is 2.86. The summed E-state index contributed by atoms with van der Waals surface area (Å²) in [5.41, 5.74) is 0.936. The van der Waals surface area contributed by atoms with E-state index in [0.29, 0.717) is 32.5 Å². The fraction of sp³-hybridized carbons (Fsp3) is 0.600. The number of alkyl carbamates (subject to hydrolysis) is 1. The van der Waals surface area contributed by atoms with Gasteiger partial charge < -0.3 is 24.3 Å². The van der Waals surface area contributed by atoms with Crippen molar-refractivity contribution in [2.75, 3.05) is 13.2 Å². The van der Waals surface area contributed by atoms with Crippen molar-refractivity contribution in [2.24, 2.45) is 0 Å². The molecule has 1 aromatic rings. The fourth-order valence-electron chi connectivity index (χ4n) is 2.83. The maximum Gasteiger partial charge on any atom is 0.407 e. The monoisotopic (exact) mass is 379 g/mol. The van der Waals surface area contributed by atoms with Crippen molar-refractivity contribution < 1.29 is 28.5 Å². The van der Waals surface area contributed by atoms with Crippen molar-refractivity contribution in [1.82, 2.24) is 5.32 Å². The molecule has 0 unspecified atom stereocenters. The molecule has 0 aromatic heterocycles. The van der Waals surface area contributed by atoms with Crippen molar-refractivity contribution in [3.8, 4) is 0 Å². The van der Waals surface area contributed by atoms with Crippen LogP contribution in [-0.2, 0) is 30.3 Å². The predicted octanol–water partition coefficient (Wildman–Crippen LogP) is 3.17. The van der Waals surface area contributed by atoms with Crippen molar-refractivity contribution in [3.05, 3.63) is 35.9 Å². The van der Waals surface area contributed by atoms with Gasteiger partial charge >= 0.3 is 12.1 Å². The maximum atomic E-state index is 12.0.